The molecule has 28 heavy (non-hydrogen) atoms. The fraction of sp³-hybridized carbons (Fsp3) is 0.682. The summed E-state index contributed by atoms with van der Waals surface area (Å²) in [6.45, 7) is 16.6. The van der Waals surface area contributed by atoms with Crippen LogP contribution in [0.25, 0.3) is 4.98 Å². The standard InChI is InChI=1S/C21H35N2Si.CH3.2ClH.Ti/c1-17-18(24(5,6)22-20(2,3)4)16-21(12-8-7-9-13-21)19(17)23-14-10-11-15-23;;;;/h7-9,12,19H,10-11,13-16H2,1-6H3;1H3;2*1H;/q2*-1;;;+2/p-2. The van der Waals surface area contributed by atoms with Gasteiger partial charge in [0.25, 0.3) is 0 Å². The van der Waals surface area contributed by atoms with E-state index >= 15 is 0 Å². The predicted octanol–water partition coefficient (Wildman–Crippen LogP) is 7.42. The van der Waals surface area contributed by atoms with Crippen LogP contribution in [0.5, 0.6) is 0 Å². The molecule has 0 amide bonds. The predicted molar refractivity (Wildman–Crippen MR) is 126 cm³/mol. The van der Waals surface area contributed by atoms with Crippen molar-refractivity contribution in [1.82, 2.24) is 4.90 Å². The Labute approximate surface area is 192 Å². The molecule has 2 aliphatic carbocycles. The molecule has 0 radical (unpaired) electrons. The molecule has 6 heteroatoms. The van der Waals surface area contributed by atoms with E-state index in [0.29, 0.717) is 6.04 Å². The van der Waals surface area contributed by atoms with Crippen molar-refractivity contribution in [1.29, 1.82) is 0 Å². The van der Waals surface area contributed by atoms with Crippen molar-refractivity contribution in [3.05, 3.63) is 47.5 Å². The molecule has 1 fully saturated rings. The number of nitrogens with zero attached hydrogens (tertiary/aromatic N) is 2. The summed E-state index contributed by atoms with van der Waals surface area (Å²) < 4.78 is 0. The Bertz CT molecular complexity index is 604. The quantitative estimate of drug-likeness (QED) is 0.306. The zero-order valence-corrected chi connectivity index (χ0v) is 22.9. The van der Waals surface area contributed by atoms with Crippen LogP contribution in [0.15, 0.2) is 35.1 Å². The molecule has 2 unspecified atom stereocenters. The maximum absolute atomic E-state index is 5.33. The monoisotopic (exact) mass is 476 g/mol. The van der Waals surface area contributed by atoms with Gasteiger partial charge in [0.2, 0.25) is 0 Å². The number of hydrogen-bond donors (Lipinski definition) is 0. The Morgan fingerprint density at radius 3 is 2.21 bits per heavy atom. The van der Waals surface area contributed by atoms with Gasteiger partial charge in [0.1, 0.15) is 0 Å². The Hall–Kier alpha value is 0.651. The molecule has 0 N–H and O–H groups in total. The van der Waals surface area contributed by atoms with Gasteiger partial charge in [0.15, 0.2) is 0 Å². The molecular weight excluding hydrogens is 439 g/mol. The second-order valence-electron chi connectivity index (χ2n) is 9.62. The van der Waals surface area contributed by atoms with E-state index in [1.807, 2.05) is 0 Å². The molecule has 3 aliphatic rings. The molecule has 0 aromatic heterocycles. The van der Waals surface area contributed by atoms with Crippen LogP contribution in [0.1, 0.15) is 53.4 Å². The first-order chi connectivity index (χ1) is 12.6. The third kappa shape index (κ3) is 6.33. The minimum atomic E-state index is -1.75. The van der Waals surface area contributed by atoms with Gasteiger partial charge >= 0.3 is 35.6 Å². The van der Waals surface area contributed by atoms with Crippen LogP contribution in [0.4, 0.5) is 0 Å². The van der Waals surface area contributed by atoms with Crippen molar-refractivity contribution < 1.29 is 17.0 Å². The van der Waals surface area contributed by atoms with E-state index < -0.39 is 25.3 Å². The third-order valence-electron chi connectivity index (χ3n) is 5.97. The van der Waals surface area contributed by atoms with E-state index in [1.54, 1.807) is 10.8 Å². The van der Waals surface area contributed by atoms with Gasteiger partial charge in [0.05, 0.1) is 0 Å². The van der Waals surface area contributed by atoms with Gasteiger partial charge in [-0.2, -0.15) is 0 Å². The molecule has 1 aliphatic heterocycles. The number of hydrogen-bond acceptors (Lipinski definition) is 1. The van der Waals surface area contributed by atoms with Crippen LogP contribution in [0, 0.1) is 12.8 Å². The molecule has 0 saturated carbocycles. The van der Waals surface area contributed by atoms with Crippen LogP contribution in [0.3, 0.4) is 0 Å². The zero-order chi connectivity index (χ0) is 20.3. The van der Waals surface area contributed by atoms with Crippen molar-refractivity contribution in [3.63, 3.8) is 0 Å². The van der Waals surface area contributed by atoms with E-state index in [2.05, 4.69) is 70.0 Å². The molecule has 0 bridgehead atoms. The zero-order valence-electron chi connectivity index (χ0n) is 18.8. The van der Waals surface area contributed by atoms with Crippen LogP contribution < -0.4 is 0 Å². The van der Waals surface area contributed by atoms with Crippen LogP contribution in [-0.4, -0.2) is 37.8 Å². The van der Waals surface area contributed by atoms with Gasteiger partial charge in [0, 0.05) is 11.5 Å². The van der Waals surface area contributed by atoms with Crippen LogP contribution in [-0.2, 0) is 17.0 Å². The molecular formula is C22H38Cl2N2SiTi-2. The second kappa shape index (κ2) is 10.8. The van der Waals surface area contributed by atoms with Crippen molar-refractivity contribution in [3.8, 4) is 0 Å². The molecule has 1 heterocycles. The Morgan fingerprint density at radius 1 is 1.18 bits per heavy atom. The number of likely N-dealkylation sites (tertiary alicyclic amines) is 1. The molecule has 160 valence electrons. The number of allylic oxidation sites excluding steroid dienone is 4. The van der Waals surface area contributed by atoms with Crippen LogP contribution >= 0.6 is 18.6 Å². The average molecular weight is 477 g/mol. The topological polar surface area (TPSA) is 17.3 Å². The Balaban J connectivity index is 0.000000921. The summed E-state index contributed by atoms with van der Waals surface area (Å²) in [5, 5.41) is 1.72. The van der Waals surface area contributed by atoms with Crippen molar-refractivity contribution >= 4 is 26.8 Å². The van der Waals surface area contributed by atoms with E-state index in [1.165, 1.54) is 38.8 Å². The van der Waals surface area contributed by atoms with Gasteiger partial charge in [-0.3, -0.25) is 4.90 Å². The normalized spacial score (nSPS) is 27.6. The molecule has 0 aromatic rings. The van der Waals surface area contributed by atoms with Gasteiger partial charge in [-0.1, -0.05) is 63.7 Å². The molecule has 1 spiro atoms. The van der Waals surface area contributed by atoms with Crippen molar-refractivity contribution in [2.75, 3.05) is 13.1 Å². The maximum atomic E-state index is 5.33. The first kappa shape index (κ1) is 26.7. The molecule has 2 atom stereocenters. The first-order valence-electron chi connectivity index (χ1n) is 10.1. The van der Waals surface area contributed by atoms with E-state index in [0.717, 1.165) is 0 Å². The molecule has 3 rings (SSSR count). The van der Waals surface area contributed by atoms with E-state index in [9.17, 15) is 0 Å². The summed E-state index contributed by atoms with van der Waals surface area (Å²) in [6.07, 6.45) is 14.6. The number of rotatable bonds is 3. The van der Waals surface area contributed by atoms with E-state index in [4.69, 9.17) is 23.6 Å². The Morgan fingerprint density at radius 2 is 1.75 bits per heavy atom. The Kier molecular flexibility index (Phi) is 10.3. The SMILES string of the molecule is CC1=C([Si](C)(C)[N-]C(C)(C)C)CC2(C=CC=CC2)C1N1CCCC1.[CH3-].[Cl][Ti][Cl]. The van der Waals surface area contributed by atoms with Crippen LogP contribution in [0.2, 0.25) is 13.1 Å². The summed E-state index contributed by atoms with van der Waals surface area (Å²) in [4.78, 5) is 8.10. The molecule has 2 nitrogen and oxygen atoms in total. The fourth-order valence-corrected chi connectivity index (χ4v) is 9.09. The first-order valence-corrected chi connectivity index (χ1v) is 17.3. The summed E-state index contributed by atoms with van der Waals surface area (Å²) in [5.41, 5.74) is 2.00. The van der Waals surface area contributed by atoms with Gasteiger partial charge in [-0.25, -0.2) is 0 Å². The average Bonchev–Trinajstić information content (AvgIpc) is 3.14. The van der Waals surface area contributed by atoms with E-state index in [-0.39, 0.29) is 18.4 Å². The number of halogens is 2. The molecule has 0 aromatic carbocycles. The van der Waals surface area contributed by atoms with Crippen molar-refractivity contribution in [2.24, 2.45) is 5.41 Å². The van der Waals surface area contributed by atoms with Gasteiger partial charge in [-0.05, 0) is 53.9 Å². The summed E-state index contributed by atoms with van der Waals surface area (Å²) in [7, 11) is 8.03. The van der Waals surface area contributed by atoms with Gasteiger partial charge < -0.3 is 12.4 Å². The van der Waals surface area contributed by atoms with Gasteiger partial charge in [-0.15, -0.1) is 10.7 Å². The summed E-state index contributed by atoms with van der Waals surface area (Å²) >= 11 is -0.556. The summed E-state index contributed by atoms with van der Waals surface area (Å²) in [5.74, 6) is 0. The second-order valence-corrected chi connectivity index (χ2v) is 16.1. The fourth-order valence-electron chi connectivity index (χ4n) is 5.42. The molecule has 1 saturated heterocycles. The van der Waals surface area contributed by atoms with Crippen molar-refractivity contribution in [2.45, 2.75) is 78.1 Å². The third-order valence-corrected chi connectivity index (χ3v) is 9.25. The summed E-state index contributed by atoms with van der Waals surface area (Å²) in [6, 6.07) is 0.596. The minimum absolute atomic E-state index is 0.